The van der Waals surface area contributed by atoms with Crippen LogP contribution < -0.4 is 0 Å². The first-order valence-corrected chi connectivity index (χ1v) is 13.6. The minimum absolute atomic E-state index is 0.0899. The van der Waals surface area contributed by atoms with Crippen LogP contribution in [0.3, 0.4) is 0 Å². The van der Waals surface area contributed by atoms with Crippen molar-refractivity contribution in [2.75, 3.05) is 39.3 Å². The number of thiophene rings is 2. The van der Waals surface area contributed by atoms with Crippen molar-refractivity contribution in [3.63, 3.8) is 0 Å². The average Bonchev–Trinajstić information content (AvgIpc) is 3.64. The largest absolute Gasteiger partial charge is 0.340 e. The van der Waals surface area contributed by atoms with E-state index in [9.17, 15) is 9.59 Å². The van der Waals surface area contributed by atoms with Crippen LogP contribution in [0.5, 0.6) is 0 Å². The summed E-state index contributed by atoms with van der Waals surface area (Å²) in [6, 6.07) is 6.07. The van der Waals surface area contributed by atoms with Gasteiger partial charge < -0.3 is 14.3 Å². The monoisotopic (exact) mass is 499 g/mol. The van der Waals surface area contributed by atoms with E-state index in [1.807, 2.05) is 27.3 Å². The summed E-state index contributed by atoms with van der Waals surface area (Å²) < 4.78 is 5.37. The van der Waals surface area contributed by atoms with Crippen molar-refractivity contribution in [2.45, 2.75) is 38.6 Å². The third-order valence-corrected chi connectivity index (χ3v) is 8.40. The number of hydrogen-bond acceptors (Lipinski definition) is 8. The lowest BCUT2D eigenvalue weighted by Crippen LogP contribution is -2.49. The van der Waals surface area contributed by atoms with Crippen molar-refractivity contribution < 1.29 is 14.1 Å². The van der Waals surface area contributed by atoms with Gasteiger partial charge in [-0.3, -0.25) is 14.5 Å². The van der Waals surface area contributed by atoms with Gasteiger partial charge in [-0.2, -0.15) is 4.98 Å². The summed E-state index contributed by atoms with van der Waals surface area (Å²) >= 11 is 3.37. The molecule has 1 fully saturated rings. The summed E-state index contributed by atoms with van der Waals surface area (Å²) in [6.45, 7) is 5.54. The molecule has 180 valence electrons. The molecule has 10 heteroatoms. The van der Waals surface area contributed by atoms with E-state index in [4.69, 9.17) is 4.52 Å². The Hall–Kier alpha value is -2.56. The topological polar surface area (TPSA) is 82.8 Å². The van der Waals surface area contributed by atoms with Crippen LogP contribution in [0.15, 0.2) is 33.5 Å². The minimum Gasteiger partial charge on any atom is -0.340 e. The molecule has 2 amide bonds. The fourth-order valence-electron chi connectivity index (χ4n) is 4.53. The number of aryl methyl sites for hydroxylation is 1. The molecule has 5 rings (SSSR count). The van der Waals surface area contributed by atoms with E-state index in [-0.39, 0.29) is 11.8 Å². The van der Waals surface area contributed by atoms with Gasteiger partial charge in [0.25, 0.3) is 0 Å². The Kier molecular flexibility index (Phi) is 7.36. The second-order valence-electron chi connectivity index (χ2n) is 8.75. The lowest BCUT2D eigenvalue weighted by molar-refractivity contribution is -0.138. The smallest absolute Gasteiger partial charge is 0.227 e. The Morgan fingerprint density at radius 2 is 1.79 bits per heavy atom. The second-order valence-corrected chi connectivity index (χ2v) is 10.7. The molecule has 0 aliphatic carbocycles. The zero-order valence-corrected chi connectivity index (χ0v) is 20.8. The minimum atomic E-state index is 0.0899. The summed E-state index contributed by atoms with van der Waals surface area (Å²) in [5.41, 5.74) is 1.26. The maximum absolute atomic E-state index is 12.7. The normalized spacial score (nSPS) is 16.6. The van der Waals surface area contributed by atoms with Crippen LogP contribution in [0.25, 0.3) is 10.7 Å². The number of carbonyl (C=O) groups is 2. The molecule has 8 nitrogen and oxygen atoms in total. The standard InChI is InChI=1S/C24H29N5O3S2/c30-22(5-6-23(31)29-10-7-19-18(17-29)8-16-34-19)28-13-11-27(12-14-28)9-1-4-21-25-24(26-32-21)20-3-2-15-33-20/h2-3,8,15-16H,1,4-7,9-14,17H2. The summed E-state index contributed by atoms with van der Waals surface area (Å²) in [6.07, 6.45) is 3.22. The molecule has 5 heterocycles. The van der Waals surface area contributed by atoms with E-state index in [0.29, 0.717) is 31.1 Å². The van der Waals surface area contributed by atoms with Gasteiger partial charge >= 0.3 is 0 Å². The highest BCUT2D eigenvalue weighted by molar-refractivity contribution is 7.13. The molecule has 0 N–H and O–H groups in total. The fraction of sp³-hybridized carbons (Fsp3) is 0.500. The van der Waals surface area contributed by atoms with Crippen molar-refractivity contribution in [3.8, 4) is 10.7 Å². The molecule has 0 bridgehead atoms. The van der Waals surface area contributed by atoms with Gasteiger partial charge in [0.1, 0.15) is 0 Å². The van der Waals surface area contributed by atoms with Gasteiger partial charge in [0, 0.05) is 63.4 Å². The third kappa shape index (κ3) is 5.56. The summed E-state index contributed by atoms with van der Waals surface area (Å²) in [7, 11) is 0. The molecule has 0 spiro atoms. The van der Waals surface area contributed by atoms with Crippen molar-refractivity contribution in [2.24, 2.45) is 0 Å². The number of nitrogens with zero attached hydrogens (tertiary/aromatic N) is 5. The predicted octanol–water partition coefficient (Wildman–Crippen LogP) is 3.30. The molecule has 34 heavy (non-hydrogen) atoms. The first kappa shape index (κ1) is 23.2. The van der Waals surface area contributed by atoms with Crippen molar-refractivity contribution in [3.05, 3.63) is 45.3 Å². The molecule has 3 aromatic heterocycles. The van der Waals surface area contributed by atoms with E-state index in [2.05, 4.69) is 26.5 Å². The maximum Gasteiger partial charge on any atom is 0.227 e. The Morgan fingerprint density at radius 1 is 0.971 bits per heavy atom. The van der Waals surface area contributed by atoms with Crippen LogP contribution in [0.2, 0.25) is 0 Å². The molecule has 0 unspecified atom stereocenters. The Labute approximate surface area is 207 Å². The van der Waals surface area contributed by atoms with E-state index in [1.54, 1.807) is 22.7 Å². The lowest BCUT2D eigenvalue weighted by atomic mass is 10.1. The van der Waals surface area contributed by atoms with Crippen LogP contribution in [0.4, 0.5) is 0 Å². The second kappa shape index (κ2) is 10.8. The number of aromatic nitrogens is 2. The van der Waals surface area contributed by atoms with E-state index >= 15 is 0 Å². The van der Waals surface area contributed by atoms with Crippen LogP contribution in [-0.2, 0) is 29.0 Å². The Morgan fingerprint density at radius 3 is 2.59 bits per heavy atom. The Balaban J connectivity index is 0.984. The van der Waals surface area contributed by atoms with E-state index < -0.39 is 0 Å². The summed E-state index contributed by atoms with van der Waals surface area (Å²) in [4.78, 5) is 38.3. The fourth-order valence-corrected chi connectivity index (χ4v) is 6.07. The van der Waals surface area contributed by atoms with Crippen molar-refractivity contribution >= 4 is 34.5 Å². The predicted molar refractivity (Wildman–Crippen MR) is 132 cm³/mol. The van der Waals surface area contributed by atoms with Gasteiger partial charge in [-0.25, -0.2) is 0 Å². The van der Waals surface area contributed by atoms with Gasteiger partial charge in [0.15, 0.2) is 0 Å². The molecule has 2 aliphatic heterocycles. The van der Waals surface area contributed by atoms with Crippen molar-refractivity contribution in [1.29, 1.82) is 0 Å². The van der Waals surface area contributed by atoms with Crippen molar-refractivity contribution in [1.82, 2.24) is 24.8 Å². The highest BCUT2D eigenvalue weighted by Gasteiger charge is 2.24. The molecule has 0 radical (unpaired) electrons. The molecule has 0 aromatic carbocycles. The molecular formula is C24H29N5O3S2. The van der Waals surface area contributed by atoms with Crippen LogP contribution in [0.1, 0.15) is 35.6 Å². The summed E-state index contributed by atoms with van der Waals surface area (Å²) in [5.74, 6) is 1.51. The highest BCUT2D eigenvalue weighted by atomic mass is 32.1. The number of amides is 2. The van der Waals surface area contributed by atoms with Gasteiger partial charge in [-0.15, -0.1) is 22.7 Å². The number of fused-ring (bicyclic) bond motifs is 1. The number of piperazine rings is 1. The molecule has 3 aromatic rings. The van der Waals surface area contributed by atoms with Crippen LogP contribution in [0, 0.1) is 0 Å². The first-order valence-electron chi connectivity index (χ1n) is 11.9. The SMILES string of the molecule is O=C(CCC(=O)N1CCc2sccc2C1)N1CCN(CCCc2nc(-c3cccs3)no2)CC1. The van der Waals surface area contributed by atoms with Crippen LogP contribution >= 0.6 is 22.7 Å². The van der Waals surface area contributed by atoms with E-state index in [1.165, 1.54) is 10.4 Å². The first-order chi connectivity index (χ1) is 16.7. The Bertz CT molecular complexity index is 1100. The number of hydrogen-bond donors (Lipinski definition) is 0. The van der Waals surface area contributed by atoms with E-state index in [0.717, 1.165) is 63.4 Å². The maximum atomic E-state index is 12.7. The number of rotatable bonds is 8. The highest BCUT2D eigenvalue weighted by Crippen LogP contribution is 2.25. The lowest BCUT2D eigenvalue weighted by Gasteiger charge is -2.35. The summed E-state index contributed by atoms with van der Waals surface area (Å²) in [5, 5.41) is 8.15. The van der Waals surface area contributed by atoms with Gasteiger partial charge in [0.2, 0.25) is 23.5 Å². The molecule has 2 aliphatic rings. The molecular weight excluding hydrogens is 470 g/mol. The van der Waals surface area contributed by atoms with Gasteiger partial charge in [0.05, 0.1) is 4.88 Å². The molecule has 1 saturated heterocycles. The zero-order chi connectivity index (χ0) is 23.3. The van der Waals surface area contributed by atoms with Gasteiger partial charge in [-0.1, -0.05) is 11.2 Å². The quantitative estimate of drug-likeness (QED) is 0.473. The third-order valence-electron chi connectivity index (χ3n) is 6.51. The number of carbonyl (C=O) groups excluding carboxylic acids is 2. The average molecular weight is 500 g/mol. The molecule has 0 atom stereocenters. The zero-order valence-electron chi connectivity index (χ0n) is 19.1. The van der Waals surface area contributed by atoms with Crippen LogP contribution in [-0.4, -0.2) is 75.9 Å². The van der Waals surface area contributed by atoms with Gasteiger partial charge in [-0.05, 0) is 47.8 Å². The molecule has 0 saturated carbocycles.